The Kier molecular flexibility index (Phi) is 2.52. The number of anilines is 1. The molecule has 3 heteroatoms. The summed E-state index contributed by atoms with van der Waals surface area (Å²) in [5, 5.41) is 3.38. The zero-order valence-electron chi connectivity index (χ0n) is 9.90. The van der Waals surface area contributed by atoms with E-state index in [1.165, 1.54) is 16.7 Å². The molecule has 3 rings (SSSR count). The molecule has 0 spiro atoms. The van der Waals surface area contributed by atoms with Crippen LogP contribution < -0.4 is 5.32 Å². The summed E-state index contributed by atoms with van der Waals surface area (Å²) in [4.78, 5) is 8.77. The number of hydrogen-bond donors (Lipinski definition) is 1. The van der Waals surface area contributed by atoms with Gasteiger partial charge in [-0.2, -0.15) is 0 Å². The van der Waals surface area contributed by atoms with Gasteiger partial charge in [0.15, 0.2) is 0 Å². The standard InChI is InChI=1S/C14H15N3/c1-2-7-15-14-12-8-10-5-3-4-6-11(10)13(12)16-9-17-14/h3-6,9H,2,7-8H2,1H3,(H,15,16,17). The molecular weight excluding hydrogens is 210 g/mol. The zero-order valence-corrected chi connectivity index (χ0v) is 9.90. The van der Waals surface area contributed by atoms with Crippen molar-refractivity contribution in [3.05, 3.63) is 41.7 Å². The predicted octanol–water partition coefficient (Wildman–Crippen LogP) is 2.87. The second-order valence-corrected chi connectivity index (χ2v) is 4.31. The van der Waals surface area contributed by atoms with Gasteiger partial charge in [-0.15, -0.1) is 0 Å². The van der Waals surface area contributed by atoms with Crippen LogP contribution in [0.25, 0.3) is 11.3 Å². The SMILES string of the molecule is CCCNc1ncnc2c1Cc1ccccc1-2. The Labute approximate surface area is 101 Å². The van der Waals surface area contributed by atoms with E-state index in [2.05, 4.69) is 46.5 Å². The van der Waals surface area contributed by atoms with Crippen LogP contribution in [0.5, 0.6) is 0 Å². The van der Waals surface area contributed by atoms with Gasteiger partial charge in [-0.1, -0.05) is 31.2 Å². The summed E-state index contributed by atoms with van der Waals surface area (Å²) in [5.41, 5.74) is 4.93. The first kappa shape index (κ1) is 10.3. The monoisotopic (exact) mass is 225 g/mol. The fraction of sp³-hybridized carbons (Fsp3) is 0.286. The number of aromatic nitrogens is 2. The van der Waals surface area contributed by atoms with Crippen LogP contribution in [-0.4, -0.2) is 16.5 Å². The number of nitrogens with one attached hydrogen (secondary N) is 1. The van der Waals surface area contributed by atoms with Crippen molar-refractivity contribution >= 4 is 5.82 Å². The van der Waals surface area contributed by atoms with E-state index >= 15 is 0 Å². The van der Waals surface area contributed by atoms with Crippen LogP contribution in [0, 0.1) is 0 Å². The van der Waals surface area contributed by atoms with Gasteiger partial charge in [0.2, 0.25) is 0 Å². The minimum atomic E-state index is 0.943. The molecule has 2 aromatic rings. The summed E-state index contributed by atoms with van der Waals surface area (Å²) in [6.45, 7) is 3.11. The second-order valence-electron chi connectivity index (χ2n) is 4.31. The lowest BCUT2D eigenvalue weighted by Gasteiger charge is -2.07. The Morgan fingerprint density at radius 2 is 2.12 bits per heavy atom. The summed E-state index contributed by atoms with van der Waals surface area (Å²) in [6, 6.07) is 8.45. The van der Waals surface area contributed by atoms with Crippen molar-refractivity contribution in [3.63, 3.8) is 0 Å². The molecule has 0 aliphatic heterocycles. The van der Waals surface area contributed by atoms with E-state index in [9.17, 15) is 0 Å². The average molecular weight is 225 g/mol. The summed E-state index contributed by atoms with van der Waals surface area (Å²) >= 11 is 0. The molecule has 0 bridgehead atoms. The fourth-order valence-corrected chi connectivity index (χ4v) is 2.30. The first-order valence-electron chi connectivity index (χ1n) is 6.06. The van der Waals surface area contributed by atoms with Gasteiger partial charge in [0.05, 0.1) is 5.69 Å². The van der Waals surface area contributed by atoms with Crippen molar-refractivity contribution in [1.29, 1.82) is 0 Å². The van der Waals surface area contributed by atoms with Gasteiger partial charge in [0.1, 0.15) is 12.1 Å². The Balaban J connectivity index is 2.05. The largest absolute Gasteiger partial charge is 0.370 e. The van der Waals surface area contributed by atoms with Gasteiger partial charge in [-0.05, 0) is 12.0 Å². The van der Waals surface area contributed by atoms with Crippen LogP contribution in [0.3, 0.4) is 0 Å². The van der Waals surface area contributed by atoms with Crippen molar-refractivity contribution < 1.29 is 0 Å². The first-order valence-corrected chi connectivity index (χ1v) is 6.06. The first-order chi connectivity index (χ1) is 8.40. The zero-order chi connectivity index (χ0) is 11.7. The highest BCUT2D eigenvalue weighted by atomic mass is 15.0. The molecule has 0 unspecified atom stereocenters. The molecule has 1 heterocycles. The minimum absolute atomic E-state index is 0.943. The molecule has 1 aromatic carbocycles. The van der Waals surface area contributed by atoms with Gasteiger partial charge >= 0.3 is 0 Å². The molecular formula is C14H15N3. The van der Waals surface area contributed by atoms with Gasteiger partial charge in [0.25, 0.3) is 0 Å². The van der Waals surface area contributed by atoms with Crippen LogP contribution >= 0.6 is 0 Å². The Hall–Kier alpha value is -1.90. The third-order valence-electron chi connectivity index (χ3n) is 3.13. The Morgan fingerprint density at radius 1 is 1.24 bits per heavy atom. The van der Waals surface area contributed by atoms with Gasteiger partial charge < -0.3 is 5.32 Å². The summed E-state index contributed by atoms with van der Waals surface area (Å²) < 4.78 is 0. The number of hydrogen-bond acceptors (Lipinski definition) is 3. The number of benzene rings is 1. The van der Waals surface area contributed by atoms with Crippen molar-refractivity contribution in [3.8, 4) is 11.3 Å². The van der Waals surface area contributed by atoms with Crippen molar-refractivity contribution in [1.82, 2.24) is 9.97 Å². The molecule has 0 radical (unpaired) electrons. The van der Waals surface area contributed by atoms with Gasteiger partial charge in [-0.25, -0.2) is 9.97 Å². The molecule has 1 N–H and O–H groups in total. The van der Waals surface area contributed by atoms with E-state index in [-0.39, 0.29) is 0 Å². The normalized spacial score (nSPS) is 12.1. The predicted molar refractivity (Wildman–Crippen MR) is 69.1 cm³/mol. The van der Waals surface area contributed by atoms with Crippen molar-refractivity contribution in [2.45, 2.75) is 19.8 Å². The molecule has 86 valence electrons. The van der Waals surface area contributed by atoms with Crippen LogP contribution in [0.15, 0.2) is 30.6 Å². The molecule has 1 aliphatic rings. The smallest absolute Gasteiger partial charge is 0.133 e. The van der Waals surface area contributed by atoms with Crippen LogP contribution in [0.4, 0.5) is 5.82 Å². The topological polar surface area (TPSA) is 37.8 Å². The average Bonchev–Trinajstić information content (AvgIpc) is 2.75. The summed E-state index contributed by atoms with van der Waals surface area (Å²) in [7, 11) is 0. The fourth-order valence-electron chi connectivity index (χ4n) is 2.30. The van der Waals surface area contributed by atoms with E-state index < -0.39 is 0 Å². The molecule has 0 amide bonds. The van der Waals surface area contributed by atoms with Crippen LogP contribution in [-0.2, 0) is 6.42 Å². The lowest BCUT2D eigenvalue weighted by Crippen LogP contribution is -2.05. The van der Waals surface area contributed by atoms with Gasteiger partial charge in [0, 0.05) is 24.1 Å². The third-order valence-corrected chi connectivity index (χ3v) is 3.13. The Morgan fingerprint density at radius 3 is 3.00 bits per heavy atom. The highest BCUT2D eigenvalue weighted by Gasteiger charge is 2.22. The number of nitrogens with zero attached hydrogens (tertiary/aromatic N) is 2. The highest BCUT2D eigenvalue weighted by molar-refractivity contribution is 5.77. The van der Waals surface area contributed by atoms with E-state index in [0.717, 1.165) is 30.9 Å². The maximum Gasteiger partial charge on any atom is 0.133 e. The lowest BCUT2D eigenvalue weighted by molar-refractivity contribution is 0.958. The molecule has 0 fully saturated rings. The molecule has 3 nitrogen and oxygen atoms in total. The summed E-state index contributed by atoms with van der Waals surface area (Å²) in [6.07, 6.45) is 3.70. The van der Waals surface area contributed by atoms with Crippen molar-refractivity contribution in [2.75, 3.05) is 11.9 Å². The minimum Gasteiger partial charge on any atom is -0.370 e. The van der Waals surface area contributed by atoms with E-state index in [1.807, 2.05) is 0 Å². The number of rotatable bonds is 3. The maximum absolute atomic E-state index is 4.42. The summed E-state index contributed by atoms with van der Waals surface area (Å²) in [5.74, 6) is 0.994. The maximum atomic E-state index is 4.42. The van der Waals surface area contributed by atoms with E-state index in [0.29, 0.717) is 0 Å². The molecule has 0 saturated carbocycles. The Bertz CT molecular complexity index is 549. The highest BCUT2D eigenvalue weighted by Crippen LogP contribution is 2.37. The molecule has 1 aliphatic carbocycles. The number of fused-ring (bicyclic) bond motifs is 3. The molecule has 17 heavy (non-hydrogen) atoms. The van der Waals surface area contributed by atoms with E-state index in [1.54, 1.807) is 6.33 Å². The lowest BCUT2D eigenvalue weighted by atomic mass is 10.1. The second kappa shape index (κ2) is 4.17. The van der Waals surface area contributed by atoms with Crippen LogP contribution in [0.2, 0.25) is 0 Å². The molecule has 0 atom stereocenters. The van der Waals surface area contributed by atoms with Gasteiger partial charge in [-0.3, -0.25) is 0 Å². The van der Waals surface area contributed by atoms with Crippen LogP contribution in [0.1, 0.15) is 24.5 Å². The van der Waals surface area contributed by atoms with E-state index in [4.69, 9.17) is 0 Å². The quantitative estimate of drug-likeness (QED) is 0.744. The molecule has 0 saturated heterocycles. The molecule has 1 aromatic heterocycles. The van der Waals surface area contributed by atoms with Crippen molar-refractivity contribution in [2.24, 2.45) is 0 Å². The third kappa shape index (κ3) is 1.68.